The number of hydrogen-bond acceptors (Lipinski definition) is 5. The van der Waals surface area contributed by atoms with E-state index in [2.05, 4.69) is 4.74 Å². The Balaban J connectivity index is 1.96. The monoisotopic (exact) mass is 371 g/mol. The molecule has 144 valence electrons. The summed E-state index contributed by atoms with van der Waals surface area (Å²) in [5, 5.41) is 10.4. The van der Waals surface area contributed by atoms with Crippen molar-refractivity contribution in [3.05, 3.63) is 35.9 Å². The highest BCUT2D eigenvalue weighted by Crippen LogP contribution is 2.38. The van der Waals surface area contributed by atoms with E-state index >= 15 is 0 Å². The van der Waals surface area contributed by atoms with Crippen LogP contribution in [0.2, 0.25) is 0 Å². The molecule has 1 amide bonds. The molecule has 1 aliphatic heterocycles. The van der Waals surface area contributed by atoms with E-state index in [4.69, 9.17) is 4.74 Å². The van der Waals surface area contributed by atoms with Gasteiger partial charge >= 0.3 is 18.0 Å². The molecule has 1 aromatic carbocycles. The standard InChI is InChI=1S/C18H23F2NO5/c1-2-25-15(22)18(19,20)17(24)9-6-11-21(12-10-17)16(23)26-13-14-7-4-3-5-8-14/h3-5,7-8,24H,2,6,9-13H2,1H3. The van der Waals surface area contributed by atoms with Crippen molar-refractivity contribution >= 4 is 12.1 Å². The first-order chi connectivity index (χ1) is 12.3. The Kier molecular flexibility index (Phi) is 6.52. The fraction of sp³-hybridized carbons (Fsp3) is 0.556. The maximum Gasteiger partial charge on any atom is 0.410 e. The molecule has 1 atom stereocenters. The summed E-state index contributed by atoms with van der Waals surface area (Å²) >= 11 is 0. The number of carbonyl (C=O) groups is 2. The minimum atomic E-state index is -4.03. The summed E-state index contributed by atoms with van der Waals surface area (Å²) in [5.74, 6) is -5.78. The van der Waals surface area contributed by atoms with Gasteiger partial charge in [0.15, 0.2) is 0 Å². The number of hydrogen-bond donors (Lipinski definition) is 1. The van der Waals surface area contributed by atoms with Crippen LogP contribution in [0.3, 0.4) is 0 Å². The van der Waals surface area contributed by atoms with Crippen molar-refractivity contribution in [2.24, 2.45) is 0 Å². The minimum absolute atomic E-state index is 0.0689. The molecule has 1 saturated heterocycles. The van der Waals surface area contributed by atoms with Crippen LogP contribution < -0.4 is 0 Å². The number of ether oxygens (including phenoxy) is 2. The molecule has 26 heavy (non-hydrogen) atoms. The van der Waals surface area contributed by atoms with Crippen molar-refractivity contribution in [3.63, 3.8) is 0 Å². The fourth-order valence-electron chi connectivity index (χ4n) is 2.84. The number of likely N-dealkylation sites (tertiary alicyclic amines) is 1. The maximum absolute atomic E-state index is 14.3. The molecule has 2 rings (SSSR count). The Labute approximate surface area is 150 Å². The molecular weight excluding hydrogens is 348 g/mol. The van der Waals surface area contributed by atoms with Crippen LogP contribution >= 0.6 is 0 Å². The van der Waals surface area contributed by atoms with Gasteiger partial charge in [0.25, 0.3) is 0 Å². The quantitative estimate of drug-likeness (QED) is 0.806. The van der Waals surface area contributed by atoms with Crippen LogP contribution in [-0.2, 0) is 20.9 Å². The lowest BCUT2D eigenvalue weighted by Gasteiger charge is -2.33. The molecule has 8 heteroatoms. The zero-order valence-electron chi connectivity index (χ0n) is 14.6. The summed E-state index contributed by atoms with van der Waals surface area (Å²) in [7, 11) is 0. The molecule has 1 aliphatic rings. The van der Waals surface area contributed by atoms with Gasteiger partial charge in [0.05, 0.1) is 6.61 Å². The van der Waals surface area contributed by atoms with Gasteiger partial charge in [-0.2, -0.15) is 8.78 Å². The van der Waals surface area contributed by atoms with Gasteiger partial charge < -0.3 is 19.5 Å². The molecule has 0 aromatic heterocycles. The van der Waals surface area contributed by atoms with Crippen LogP contribution in [0.4, 0.5) is 13.6 Å². The van der Waals surface area contributed by atoms with E-state index in [0.29, 0.717) is 0 Å². The van der Waals surface area contributed by atoms with Crippen molar-refractivity contribution < 1.29 is 33.0 Å². The van der Waals surface area contributed by atoms with Crippen LogP contribution in [0.5, 0.6) is 0 Å². The zero-order chi connectivity index (χ0) is 19.2. The lowest BCUT2D eigenvalue weighted by molar-refractivity contribution is -0.216. The number of esters is 1. The SMILES string of the molecule is CCOC(=O)C(F)(F)C1(O)CCCN(C(=O)OCc2ccccc2)CC1. The van der Waals surface area contributed by atoms with Gasteiger partial charge in [-0.25, -0.2) is 9.59 Å². The van der Waals surface area contributed by atoms with Crippen molar-refractivity contribution in [1.82, 2.24) is 4.90 Å². The largest absolute Gasteiger partial charge is 0.461 e. The average Bonchev–Trinajstić information content (AvgIpc) is 2.84. The topological polar surface area (TPSA) is 76.1 Å². The number of aliphatic hydroxyl groups is 1. The smallest absolute Gasteiger partial charge is 0.410 e. The lowest BCUT2D eigenvalue weighted by atomic mass is 9.87. The highest BCUT2D eigenvalue weighted by atomic mass is 19.3. The third-order valence-corrected chi connectivity index (χ3v) is 4.39. The Bertz CT molecular complexity index is 625. The van der Waals surface area contributed by atoms with Crippen LogP contribution in [0.15, 0.2) is 30.3 Å². The van der Waals surface area contributed by atoms with Gasteiger partial charge in [-0.3, -0.25) is 0 Å². The predicted molar refractivity (Wildman–Crippen MR) is 88.6 cm³/mol. The van der Waals surface area contributed by atoms with Gasteiger partial charge in [0, 0.05) is 19.5 Å². The predicted octanol–water partition coefficient (Wildman–Crippen LogP) is 2.74. The lowest BCUT2D eigenvalue weighted by Crippen LogP contribution is -2.54. The fourth-order valence-corrected chi connectivity index (χ4v) is 2.84. The molecule has 1 unspecified atom stereocenters. The summed E-state index contributed by atoms with van der Waals surface area (Å²) in [5.41, 5.74) is -1.74. The van der Waals surface area contributed by atoms with Crippen molar-refractivity contribution in [2.45, 2.75) is 44.3 Å². The molecule has 1 N–H and O–H groups in total. The normalized spacial score (nSPS) is 21.0. The van der Waals surface area contributed by atoms with Crippen molar-refractivity contribution in [3.8, 4) is 0 Å². The van der Waals surface area contributed by atoms with Crippen LogP contribution in [0.25, 0.3) is 0 Å². The van der Waals surface area contributed by atoms with Crippen molar-refractivity contribution in [2.75, 3.05) is 19.7 Å². The summed E-state index contributed by atoms with van der Waals surface area (Å²) < 4.78 is 38.1. The van der Waals surface area contributed by atoms with Crippen molar-refractivity contribution in [1.29, 1.82) is 0 Å². The van der Waals surface area contributed by atoms with Gasteiger partial charge in [-0.1, -0.05) is 30.3 Å². The van der Waals surface area contributed by atoms with E-state index in [1.807, 2.05) is 18.2 Å². The molecule has 0 spiro atoms. The highest BCUT2D eigenvalue weighted by Gasteiger charge is 2.59. The number of amides is 1. The summed E-state index contributed by atoms with van der Waals surface area (Å²) in [6, 6.07) is 9.06. The molecular formula is C18H23F2NO5. The van der Waals surface area contributed by atoms with E-state index < -0.39 is 30.0 Å². The third kappa shape index (κ3) is 4.49. The molecule has 0 aliphatic carbocycles. The first kappa shape index (κ1) is 20.1. The van der Waals surface area contributed by atoms with Crippen LogP contribution in [0.1, 0.15) is 31.7 Å². The first-order valence-corrected chi connectivity index (χ1v) is 8.53. The molecule has 0 radical (unpaired) electrons. The molecule has 1 aromatic rings. The van der Waals surface area contributed by atoms with Gasteiger partial charge in [-0.05, 0) is 25.3 Å². The van der Waals surface area contributed by atoms with Crippen LogP contribution in [-0.4, -0.2) is 53.3 Å². The second-order valence-electron chi connectivity index (χ2n) is 6.21. The Morgan fingerprint density at radius 3 is 2.54 bits per heavy atom. The van der Waals surface area contributed by atoms with E-state index in [1.54, 1.807) is 12.1 Å². The number of nitrogens with zero attached hydrogens (tertiary/aromatic N) is 1. The average molecular weight is 371 g/mol. The van der Waals surface area contributed by atoms with Crippen LogP contribution in [0, 0.1) is 0 Å². The number of carbonyl (C=O) groups excluding carboxylic acids is 2. The van der Waals surface area contributed by atoms with Gasteiger partial charge in [-0.15, -0.1) is 0 Å². The Hall–Kier alpha value is -2.22. The summed E-state index contributed by atoms with van der Waals surface area (Å²) in [6.45, 7) is 1.30. The Morgan fingerprint density at radius 1 is 1.19 bits per heavy atom. The van der Waals surface area contributed by atoms with Gasteiger partial charge in [0.1, 0.15) is 12.2 Å². The van der Waals surface area contributed by atoms with E-state index in [-0.39, 0.29) is 39.1 Å². The highest BCUT2D eigenvalue weighted by molar-refractivity contribution is 5.79. The molecule has 0 saturated carbocycles. The summed E-state index contributed by atoms with van der Waals surface area (Å²) in [6.07, 6.45) is -1.29. The molecule has 6 nitrogen and oxygen atoms in total. The number of benzene rings is 1. The summed E-state index contributed by atoms with van der Waals surface area (Å²) in [4.78, 5) is 24.9. The number of rotatable bonds is 5. The number of alkyl halides is 2. The zero-order valence-corrected chi connectivity index (χ0v) is 14.6. The first-order valence-electron chi connectivity index (χ1n) is 8.53. The Morgan fingerprint density at radius 2 is 1.88 bits per heavy atom. The molecule has 1 heterocycles. The second-order valence-corrected chi connectivity index (χ2v) is 6.21. The third-order valence-electron chi connectivity index (χ3n) is 4.39. The van der Waals surface area contributed by atoms with E-state index in [0.717, 1.165) is 5.56 Å². The second kappa shape index (κ2) is 8.44. The number of halogens is 2. The van der Waals surface area contributed by atoms with E-state index in [9.17, 15) is 23.5 Å². The molecule has 1 fully saturated rings. The minimum Gasteiger partial charge on any atom is -0.461 e. The maximum atomic E-state index is 14.3. The molecule has 0 bridgehead atoms. The van der Waals surface area contributed by atoms with E-state index in [1.165, 1.54) is 11.8 Å². The van der Waals surface area contributed by atoms with Gasteiger partial charge in [0.2, 0.25) is 0 Å².